The fourth-order valence-electron chi connectivity index (χ4n) is 1.38. The maximum Gasteiger partial charge on any atom is 0.247 e. The summed E-state index contributed by atoms with van der Waals surface area (Å²) in [5.74, 6) is 0.195. The fraction of sp³-hybridized carbons (Fsp3) is 0.364. The van der Waals surface area contributed by atoms with Gasteiger partial charge in [0.15, 0.2) is 5.13 Å². The highest BCUT2D eigenvalue weighted by atomic mass is 32.1. The Balaban J connectivity index is 1.94. The summed E-state index contributed by atoms with van der Waals surface area (Å²) < 4.78 is 1.49. The monoisotopic (exact) mass is 265 g/mol. The summed E-state index contributed by atoms with van der Waals surface area (Å²) in [6, 6.07) is 0. The van der Waals surface area contributed by atoms with Crippen molar-refractivity contribution in [2.45, 2.75) is 26.3 Å². The first-order valence-corrected chi connectivity index (χ1v) is 6.46. The van der Waals surface area contributed by atoms with Crippen LogP contribution in [0.2, 0.25) is 0 Å². The molecule has 3 N–H and O–H groups in total. The molecular weight excluding hydrogens is 250 g/mol. The molecule has 2 aromatic heterocycles. The van der Waals surface area contributed by atoms with Crippen LogP contribution in [-0.2, 0) is 11.3 Å². The second-order valence-electron chi connectivity index (χ2n) is 4.25. The number of nitrogen functional groups attached to an aromatic ring is 1. The van der Waals surface area contributed by atoms with Crippen LogP contribution < -0.4 is 11.1 Å². The molecule has 0 aliphatic carbocycles. The van der Waals surface area contributed by atoms with E-state index in [1.54, 1.807) is 6.20 Å². The van der Waals surface area contributed by atoms with E-state index in [-0.39, 0.29) is 12.5 Å². The summed E-state index contributed by atoms with van der Waals surface area (Å²) in [5, 5.41) is 9.25. The minimum absolute atomic E-state index is 0.133. The van der Waals surface area contributed by atoms with Crippen molar-refractivity contribution in [2.75, 3.05) is 11.1 Å². The number of carbonyl (C=O) groups excluding carboxylic acids is 1. The first-order chi connectivity index (χ1) is 8.54. The van der Waals surface area contributed by atoms with Crippen molar-refractivity contribution in [3.63, 3.8) is 0 Å². The van der Waals surface area contributed by atoms with Crippen LogP contribution in [0.15, 0.2) is 17.8 Å². The van der Waals surface area contributed by atoms with Crippen LogP contribution in [-0.4, -0.2) is 20.7 Å². The zero-order valence-corrected chi connectivity index (χ0v) is 11.1. The molecule has 0 aliphatic rings. The molecule has 96 valence electrons. The smallest absolute Gasteiger partial charge is 0.247 e. The van der Waals surface area contributed by atoms with Crippen molar-refractivity contribution >= 4 is 28.1 Å². The summed E-state index contributed by atoms with van der Waals surface area (Å²) >= 11 is 1.42. The lowest BCUT2D eigenvalue weighted by Gasteiger charge is -2.02. The third kappa shape index (κ3) is 3.07. The van der Waals surface area contributed by atoms with Gasteiger partial charge in [0.25, 0.3) is 0 Å². The van der Waals surface area contributed by atoms with Crippen LogP contribution in [0.3, 0.4) is 0 Å². The third-order valence-electron chi connectivity index (χ3n) is 2.32. The molecule has 6 nitrogen and oxygen atoms in total. The van der Waals surface area contributed by atoms with E-state index in [1.165, 1.54) is 22.2 Å². The minimum atomic E-state index is -0.164. The van der Waals surface area contributed by atoms with Gasteiger partial charge in [0.05, 0.1) is 17.6 Å². The predicted octanol–water partition coefficient (Wildman–Crippen LogP) is 1.68. The second kappa shape index (κ2) is 5.18. The van der Waals surface area contributed by atoms with E-state index in [0.717, 1.165) is 5.69 Å². The highest BCUT2D eigenvalue weighted by Crippen LogP contribution is 2.21. The number of hydrogen-bond donors (Lipinski definition) is 2. The van der Waals surface area contributed by atoms with Gasteiger partial charge >= 0.3 is 0 Å². The summed E-state index contributed by atoms with van der Waals surface area (Å²) in [6.45, 7) is 4.26. The number of nitrogens with one attached hydrogen (secondary N) is 1. The number of nitrogens with zero attached hydrogens (tertiary/aromatic N) is 3. The second-order valence-corrected chi connectivity index (χ2v) is 5.11. The van der Waals surface area contributed by atoms with Crippen LogP contribution in [0.5, 0.6) is 0 Å². The number of carbonyl (C=O) groups is 1. The average molecular weight is 265 g/mol. The number of hydrogen-bond acceptors (Lipinski definition) is 5. The Labute approximate surface area is 109 Å². The first-order valence-electron chi connectivity index (χ1n) is 5.58. The van der Waals surface area contributed by atoms with E-state index in [2.05, 4.69) is 29.2 Å². The molecule has 0 fully saturated rings. The van der Waals surface area contributed by atoms with Gasteiger partial charge in [-0.3, -0.25) is 9.48 Å². The van der Waals surface area contributed by atoms with E-state index in [0.29, 0.717) is 16.7 Å². The lowest BCUT2D eigenvalue weighted by atomic mass is 10.2. The van der Waals surface area contributed by atoms with Gasteiger partial charge in [-0.25, -0.2) is 4.98 Å². The van der Waals surface area contributed by atoms with E-state index in [1.807, 2.05) is 5.38 Å². The molecule has 0 bridgehead atoms. The quantitative estimate of drug-likeness (QED) is 0.880. The van der Waals surface area contributed by atoms with E-state index < -0.39 is 0 Å². The van der Waals surface area contributed by atoms with E-state index >= 15 is 0 Å². The average Bonchev–Trinajstić information content (AvgIpc) is 2.88. The summed E-state index contributed by atoms with van der Waals surface area (Å²) in [7, 11) is 0. The molecule has 2 aromatic rings. The lowest BCUT2D eigenvalue weighted by Crippen LogP contribution is -2.18. The molecule has 18 heavy (non-hydrogen) atoms. The van der Waals surface area contributed by atoms with Gasteiger partial charge in [0.1, 0.15) is 6.54 Å². The highest BCUT2D eigenvalue weighted by Gasteiger charge is 2.09. The summed E-state index contributed by atoms with van der Waals surface area (Å²) in [6.07, 6.45) is 3.12. The van der Waals surface area contributed by atoms with Crippen molar-refractivity contribution < 1.29 is 4.79 Å². The van der Waals surface area contributed by atoms with Gasteiger partial charge < -0.3 is 11.1 Å². The van der Waals surface area contributed by atoms with Gasteiger partial charge in [0, 0.05) is 11.6 Å². The van der Waals surface area contributed by atoms with Crippen molar-refractivity contribution in [2.24, 2.45) is 0 Å². The predicted molar refractivity (Wildman–Crippen MR) is 71.5 cm³/mol. The van der Waals surface area contributed by atoms with Crippen molar-refractivity contribution in [3.8, 4) is 0 Å². The molecule has 1 amide bonds. The van der Waals surface area contributed by atoms with Crippen LogP contribution in [0.25, 0.3) is 0 Å². The third-order valence-corrected chi connectivity index (χ3v) is 3.09. The van der Waals surface area contributed by atoms with Gasteiger partial charge in [-0.1, -0.05) is 13.8 Å². The molecule has 0 spiro atoms. The molecular formula is C11H15N5OS. The molecule has 2 heterocycles. The fourth-order valence-corrected chi connectivity index (χ4v) is 2.27. The zero-order chi connectivity index (χ0) is 13.1. The Morgan fingerprint density at radius 2 is 2.39 bits per heavy atom. The molecule has 7 heteroatoms. The number of aromatic nitrogens is 3. The molecule has 0 aromatic carbocycles. The molecule has 0 saturated heterocycles. The van der Waals surface area contributed by atoms with Gasteiger partial charge in [-0.15, -0.1) is 11.3 Å². The maximum atomic E-state index is 11.7. The number of amides is 1. The largest absolute Gasteiger partial charge is 0.396 e. The minimum Gasteiger partial charge on any atom is -0.396 e. The Bertz CT molecular complexity index is 545. The SMILES string of the molecule is CC(C)c1csc(NC(=O)Cn2cc(N)cn2)n1. The Morgan fingerprint density at radius 3 is 2.94 bits per heavy atom. The van der Waals surface area contributed by atoms with Crippen molar-refractivity contribution in [1.82, 2.24) is 14.8 Å². The van der Waals surface area contributed by atoms with Gasteiger partial charge in [-0.05, 0) is 5.92 Å². The number of nitrogens with two attached hydrogens (primary N) is 1. The molecule has 0 unspecified atom stereocenters. The van der Waals surface area contributed by atoms with Crippen LogP contribution in [0, 0.1) is 0 Å². The first kappa shape index (κ1) is 12.6. The van der Waals surface area contributed by atoms with Gasteiger partial charge in [0.2, 0.25) is 5.91 Å². The maximum absolute atomic E-state index is 11.7. The molecule has 0 radical (unpaired) electrons. The Kier molecular flexibility index (Phi) is 3.61. The summed E-state index contributed by atoms with van der Waals surface area (Å²) in [5.41, 5.74) is 7.04. The van der Waals surface area contributed by atoms with Crippen LogP contribution in [0.4, 0.5) is 10.8 Å². The molecule has 2 rings (SSSR count). The highest BCUT2D eigenvalue weighted by molar-refractivity contribution is 7.13. The Morgan fingerprint density at radius 1 is 1.61 bits per heavy atom. The topological polar surface area (TPSA) is 85.8 Å². The molecule has 0 aliphatic heterocycles. The molecule has 0 atom stereocenters. The Hall–Kier alpha value is -1.89. The summed E-state index contributed by atoms with van der Waals surface area (Å²) in [4.78, 5) is 16.1. The number of anilines is 2. The number of rotatable bonds is 4. The van der Waals surface area contributed by atoms with Crippen molar-refractivity contribution in [1.29, 1.82) is 0 Å². The van der Waals surface area contributed by atoms with Crippen molar-refractivity contribution in [3.05, 3.63) is 23.5 Å². The zero-order valence-electron chi connectivity index (χ0n) is 10.3. The molecule has 0 saturated carbocycles. The number of thiazole rings is 1. The van der Waals surface area contributed by atoms with Gasteiger partial charge in [-0.2, -0.15) is 5.10 Å². The standard InChI is InChI=1S/C11H15N5OS/c1-7(2)9-6-18-11(14-9)15-10(17)5-16-4-8(12)3-13-16/h3-4,6-7H,5,12H2,1-2H3,(H,14,15,17). The lowest BCUT2D eigenvalue weighted by molar-refractivity contribution is -0.116. The normalized spacial score (nSPS) is 10.8. The van der Waals surface area contributed by atoms with Crippen LogP contribution >= 0.6 is 11.3 Å². The van der Waals surface area contributed by atoms with E-state index in [4.69, 9.17) is 5.73 Å². The van der Waals surface area contributed by atoms with E-state index in [9.17, 15) is 4.79 Å². The van der Waals surface area contributed by atoms with Crippen LogP contribution in [0.1, 0.15) is 25.5 Å².